The van der Waals surface area contributed by atoms with Gasteiger partial charge >= 0.3 is 0 Å². The topological polar surface area (TPSA) is 75.3 Å². The lowest BCUT2D eigenvalue weighted by Crippen LogP contribution is -2.15. The minimum absolute atomic E-state index is 0.0169. The van der Waals surface area contributed by atoms with Crippen LogP contribution in [0.15, 0.2) is 42.5 Å². The SMILES string of the molecule is CCC(Nc1ccc(F)c(C(N)=O)c1)c1ccc(O)cc1. The molecule has 21 heavy (non-hydrogen) atoms. The molecular formula is C16H17FN2O2. The number of carbonyl (C=O) groups is 1. The molecule has 0 heterocycles. The van der Waals surface area contributed by atoms with Crippen LogP contribution in [0.4, 0.5) is 10.1 Å². The maximum absolute atomic E-state index is 13.5. The van der Waals surface area contributed by atoms with Crippen molar-refractivity contribution in [3.63, 3.8) is 0 Å². The van der Waals surface area contributed by atoms with Crippen LogP contribution in [0.1, 0.15) is 35.3 Å². The van der Waals surface area contributed by atoms with Gasteiger partial charge in [-0.1, -0.05) is 19.1 Å². The minimum Gasteiger partial charge on any atom is -0.508 e. The zero-order valence-electron chi connectivity index (χ0n) is 11.6. The Morgan fingerprint density at radius 2 is 1.95 bits per heavy atom. The van der Waals surface area contributed by atoms with Gasteiger partial charge in [-0.15, -0.1) is 0 Å². The van der Waals surface area contributed by atoms with Crippen molar-refractivity contribution in [2.75, 3.05) is 5.32 Å². The number of rotatable bonds is 5. The Bertz CT molecular complexity index is 641. The second-order valence-electron chi connectivity index (χ2n) is 4.76. The van der Waals surface area contributed by atoms with Crippen LogP contribution >= 0.6 is 0 Å². The first-order valence-corrected chi connectivity index (χ1v) is 6.66. The van der Waals surface area contributed by atoms with E-state index in [9.17, 15) is 14.3 Å². The fourth-order valence-corrected chi connectivity index (χ4v) is 2.13. The lowest BCUT2D eigenvalue weighted by atomic mass is 10.0. The lowest BCUT2D eigenvalue weighted by molar-refractivity contribution is 0.0996. The third-order valence-corrected chi connectivity index (χ3v) is 3.28. The smallest absolute Gasteiger partial charge is 0.251 e. The highest BCUT2D eigenvalue weighted by molar-refractivity contribution is 5.94. The Morgan fingerprint density at radius 1 is 1.29 bits per heavy atom. The summed E-state index contributed by atoms with van der Waals surface area (Å²) in [5, 5.41) is 12.5. The van der Waals surface area contributed by atoms with E-state index in [1.807, 2.05) is 19.1 Å². The summed E-state index contributed by atoms with van der Waals surface area (Å²) in [7, 11) is 0. The third-order valence-electron chi connectivity index (χ3n) is 3.28. The van der Waals surface area contributed by atoms with Crippen LogP contribution in [-0.4, -0.2) is 11.0 Å². The van der Waals surface area contributed by atoms with Gasteiger partial charge in [-0.05, 0) is 42.3 Å². The maximum atomic E-state index is 13.5. The van der Waals surface area contributed by atoms with E-state index in [1.54, 1.807) is 18.2 Å². The van der Waals surface area contributed by atoms with Crippen LogP contribution in [0.3, 0.4) is 0 Å². The predicted molar refractivity (Wildman–Crippen MR) is 79.7 cm³/mol. The molecule has 0 bridgehead atoms. The van der Waals surface area contributed by atoms with Gasteiger partial charge in [-0.25, -0.2) is 4.39 Å². The van der Waals surface area contributed by atoms with Gasteiger partial charge in [-0.2, -0.15) is 0 Å². The summed E-state index contributed by atoms with van der Waals surface area (Å²) in [4.78, 5) is 11.2. The summed E-state index contributed by atoms with van der Waals surface area (Å²) in [5.41, 5.74) is 6.60. The molecule has 0 saturated carbocycles. The van der Waals surface area contributed by atoms with Gasteiger partial charge in [0.2, 0.25) is 0 Å². The molecule has 0 aromatic heterocycles. The van der Waals surface area contributed by atoms with Crippen molar-refractivity contribution in [3.05, 3.63) is 59.4 Å². The normalized spacial score (nSPS) is 11.9. The molecule has 1 amide bonds. The number of phenolic OH excluding ortho intramolecular Hbond substituents is 1. The fraction of sp³-hybridized carbons (Fsp3) is 0.188. The van der Waals surface area contributed by atoms with E-state index in [0.717, 1.165) is 12.0 Å². The Balaban J connectivity index is 2.24. The Labute approximate surface area is 122 Å². The number of aromatic hydroxyl groups is 1. The molecule has 1 unspecified atom stereocenters. The first-order valence-electron chi connectivity index (χ1n) is 6.66. The number of amides is 1. The Kier molecular flexibility index (Phi) is 4.42. The summed E-state index contributed by atoms with van der Waals surface area (Å²) in [6, 6.07) is 11.0. The van der Waals surface area contributed by atoms with Gasteiger partial charge in [-0.3, -0.25) is 4.79 Å². The van der Waals surface area contributed by atoms with Crippen LogP contribution in [0, 0.1) is 5.82 Å². The molecule has 0 aliphatic heterocycles. The van der Waals surface area contributed by atoms with Crippen LogP contribution in [0.2, 0.25) is 0 Å². The van der Waals surface area contributed by atoms with E-state index in [0.29, 0.717) is 5.69 Å². The molecule has 0 aliphatic carbocycles. The molecule has 0 fully saturated rings. The molecule has 2 aromatic rings. The van der Waals surface area contributed by atoms with Gasteiger partial charge in [0, 0.05) is 5.69 Å². The molecule has 110 valence electrons. The molecule has 2 aromatic carbocycles. The van der Waals surface area contributed by atoms with Crippen molar-refractivity contribution in [2.45, 2.75) is 19.4 Å². The van der Waals surface area contributed by atoms with Gasteiger partial charge in [0.15, 0.2) is 0 Å². The fourth-order valence-electron chi connectivity index (χ4n) is 2.13. The number of primary amides is 1. The average molecular weight is 288 g/mol. The number of nitrogens with two attached hydrogens (primary N) is 1. The molecular weight excluding hydrogens is 271 g/mol. The van der Waals surface area contributed by atoms with Crippen molar-refractivity contribution >= 4 is 11.6 Å². The van der Waals surface area contributed by atoms with Crippen molar-refractivity contribution in [1.82, 2.24) is 0 Å². The molecule has 0 radical (unpaired) electrons. The molecule has 4 nitrogen and oxygen atoms in total. The van der Waals surface area contributed by atoms with Crippen molar-refractivity contribution in [3.8, 4) is 5.75 Å². The minimum atomic E-state index is -0.797. The summed E-state index contributed by atoms with van der Waals surface area (Å²) >= 11 is 0. The molecule has 4 N–H and O–H groups in total. The Morgan fingerprint density at radius 3 is 2.52 bits per heavy atom. The average Bonchev–Trinajstić information content (AvgIpc) is 2.47. The van der Waals surface area contributed by atoms with Crippen LogP contribution in [-0.2, 0) is 0 Å². The van der Waals surface area contributed by atoms with Gasteiger partial charge < -0.3 is 16.2 Å². The number of anilines is 1. The molecule has 0 aliphatic rings. The van der Waals surface area contributed by atoms with Gasteiger partial charge in [0.1, 0.15) is 11.6 Å². The standard InChI is InChI=1S/C16H17FN2O2/c1-2-15(10-3-6-12(20)7-4-10)19-11-5-8-14(17)13(9-11)16(18)21/h3-9,15,19-20H,2H2,1H3,(H2,18,21). The zero-order chi connectivity index (χ0) is 15.4. The second-order valence-corrected chi connectivity index (χ2v) is 4.76. The number of nitrogens with one attached hydrogen (secondary N) is 1. The van der Waals surface area contributed by atoms with Gasteiger partial charge in [0.05, 0.1) is 11.6 Å². The number of halogens is 1. The Hall–Kier alpha value is -2.56. The lowest BCUT2D eigenvalue weighted by Gasteiger charge is -2.19. The molecule has 0 spiro atoms. The first-order chi connectivity index (χ1) is 10.0. The molecule has 2 rings (SSSR count). The van der Waals surface area contributed by atoms with Crippen LogP contribution in [0.5, 0.6) is 5.75 Å². The van der Waals surface area contributed by atoms with Crippen molar-refractivity contribution in [2.24, 2.45) is 5.73 Å². The summed E-state index contributed by atoms with van der Waals surface area (Å²) < 4.78 is 13.5. The van der Waals surface area contributed by atoms with E-state index in [-0.39, 0.29) is 17.4 Å². The number of phenols is 1. The van der Waals surface area contributed by atoms with Crippen LogP contribution < -0.4 is 11.1 Å². The molecule has 5 heteroatoms. The largest absolute Gasteiger partial charge is 0.508 e. The number of carbonyl (C=O) groups excluding carboxylic acids is 1. The summed E-state index contributed by atoms with van der Waals surface area (Å²) in [6.07, 6.45) is 0.786. The van der Waals surface area contributed by atoms with E-state index >= 15 is 0 Å². The monoisotopic (exact) mass is 288 g/mol. The predicted octanol–water partition coefficient (Wildman–Crippen LogP) is 3.19. The first kappa shape index (κ1) is 14.8. The maximum Gasteiger partial charge on any atom is 0.251 e. The van der Waals surface area contributed by atoms with E-state index < -0.39 is 11.7 Å². The van der Waals surface area contributed by atoms with E-state index in [2.05, 4.69) is 5.32 Å². The van der Waals surface area contributed by atoms with Crippen molar-refractivity contribution < 1.29 is 14.3 Å². The van der Waals surface area contributed by atoms with Gasteiger partial charge in [0.25, 0.3) is 5.91 Å². The summed E-state index contributed by atoms with van der Waals surface area (Å²) in [6.45, 7) is 2.00. The summed E-state index contributed by atoms with van der Waals surface area (Å²) in [5.74, 6) is -1.23. The number of hydrogen-bond donors (Lipinski definition) is 3. The molecule has 0 saturated heterocycles. The van der Waals surface area contributed by atoms with E-state index in [1.165, 1.54) is 12.1 Å². The zero-order valence-corrected chi connectivity index (χ0v) is 11.6. The van der Waals surface area contributed by atoms with Crippen molar-refractivity contribution in [1.29, 1.82) is 0 Å². The highest BCUT2D eigenvalue weighted by Crippen LogP contribution is 2.25. The highest BCUT2D eigenvalue weighted by Gasteiger charge is 2.13. The quantitative estimate of drug-likeness (QED) is 0.791. The number of benzene rings is 2. The second kappa shape index (κ2) is 6.26. The highest BCUT2D eigenvalue weighted by atomic mass is 19.1. The van der Waals surface area contributed by atoms with Crippen LogP contribution in [0.25, 0.3) is 0 Å². The molecule has 1 atom stereocenters. The number of hydrogen-bond acceptors (Lipinski definition) is 3. The van der Waals surface area contributed by atoms with E-state index in [4.69, 9.17) is 5.73 Å². The third kappa shape index (κ3) is 3.51.